The van der Waals surface area contributed by atoms with Crippen LogP contribution in [0.1, 0.15) is 34.1 Å². The van der Waals surface area contributed by atoms with Crippen molar-refractivity contribution >= 4 is 0 Å². The molecule has 1 aromatic rings. The molecule has 0 saturated heterocycles. The maximum Gasteiger partial charge on any atom is 0.0946 e. The van der Waals surface area contributed by atoms with Gasteiger partial charge in [0.1, 0.15) is 0 Å². The van der Waals surface area contributed by atoms with Crippen molar-refractivity contribution in [3.05, 3.63) is 18.7 Å². The molecule has 0 saturated carbocycles. The van der Waals surface area contributed by atoms with Crippen LogP contribution >= 0.6 is 0 Å². The van der Waals surface area contributed by atoms with Crippen molar-refractivity contribution in [2.75, 3.05) is 6.54 Å². The molecule has 15 heavy (non-hydrogen) atoms. The predicted octanol–water partition coefficient (Wildman–Crippen LogP) is 2.30. The Hall–Kier alpha value is -0.830. The fraction of sp³-hybridized carbons (Fsp3) is 0.750. The van der Waals surface area contributed by atoms with Crippen LogP contribution in [0.15, 0.2) is 18.7 Å². The van der Waals surface area contributed by atoms with Crippen molar-refractivity contribution in [1.82, 2.24) is 14.9 Å². The zero-order chi connectivity index (χ0) is 11.3. The second-order valence-corrected chi connectivity index (χ2v) is 5.43. The van der Waals surface area contributed by atoms with Crippen molar-refractivity contribution in [2.24, 2.45) is 5.41 Å². The maximum atomic E-state index is 4.03. The lowest BCUT2D eigenvalue weighted by Gasteiger charge is -2.20. The fourth-order valence-corrected chi connectivity index (χ4v) is 1.47. The fourth-order valence-electron chi connectivity index (χ4n) is 1.47. The Morgan fingerprint density at radius 2 is 2.13 bits per heavy atom. The Labute approximate surface area is 92.9 Å². The Morgan fingerprint density at radius 1 is 1.40 bits per heavy atom. The number of nitrogens with one attached hydrogen (secondary N) is 1. The van der Waals surface area contributed by atoms with Crippen LogP contribution in [-0.4, -0.2) is 22.1 Å². The van der Waals surface area contributed by atoms with Crippen LogP contribution < -0.4 is 5.32 Å². The highest BCUT2D eigenvalue weighted by Crippen LogP contribution is 2.17. The minimum Gasteiger partial charge on any atom is -0.336 e. The van der Waals surface area contributed by atoms with E-state index in [1.165, 1.54) is 6.42 Å². The van der Waals surface area contributed by atoms with E-state index in [4.69, 9.17) is 0 Å². The molecule has 3 nitrogen and oxygen atoms in total. The van der Waals surface area contributed by atoms with Gasteiger partial charge in [-0.25, -0.2) is 4.98 Å². The monoisotopic (exact) mass is 209 g/mol. The van der Waals surface area contributed by atoms with E-state index in [1.54, 1.807) is 0 Å². The maximum absolute atomic E-state index is 4.03. The predicted molar refractivity (Wildman–Crippen MR) is 63.8 cm³/mol. The normalized spacial score (nSPS) is 14.1. The number of hydrogen-bond acceptors (Lipinski definition) is 2. The Morgan fingerprint density at radius 3 is 2.67 bits per heavy atom. The molecule has 0 aliphatic heterocycles. The van der Waals surface area contributed by atoms with Gasteiger partial charge in [-0.2, -0.15) is 0 Å². The second-order valence-electron chi connectivity index (χ2n) is 5.43. The highest BCUT2D eigenvalue weighted by molar-refractivity contribution is 4.76. The van der Waals surface area contributed by atoms with Crippen LogP contribution in [0.3, 0.4) is 0 Å². The molecule has 1 rings (SSSR count). The van der Waals surface area contributed by atoms with E-state index in [0.29, 0.717) is 11.5 Å². The van der Waals surface area contributed by atoms with Gasteiger partial charge in [-0.05, 0) is 25.3 Å². The molecular formula is C12H23N3. The van der Waals surface area contributed by atoms with Gasteiger partial charge in [0, 0.05) is 25.0 Å². The largest absolute Gasteiger partial charge is 0.336 e. The average molecular weight is 209 g/mol. The molecule has 3 heteroatoms. The first-order chi connectivity index (χ1) is 6.97. The quantitative estimate of drug-likeness (QED) is 0.806. The highest BCUT2D eigenvalue weighted by atomic mass is 15.1. The third-order valence-electron chi connectivity index (χ3n) is 2.41. The van der Waals surface area contributed by atoms with Crippen LogP contribution in [0.5, 0.6) is 0 Å². The molecule has 0 aromatic carbocycles. The van der Waals surface area contributed by atoms with E-state index >= 15 is 0 Å². The van der Waals surface area contributed by atoms with E-state index < -0.39 is 0 Å². The second kappa shape index (κ2) is 5.31. The molecule has 1 N–H and O–H groups in total. The summed E-state index contributed by atoms with van der Waals surface area (Å²) in [6.07, 6.45) is 6.90. The number of hydrogen-bond donors (Lipinski definition) is 1. The summed E-state index contributed by atoms with van der Waals surface area (Å²) in [7, 11) is 0. The molecule has 0 bridgehead atoms. The van der Waals surface area contributed by atoms with E-state index in [9.17, 15) is 0 Å². The van der Waals surface area contributed by atoms with Crippen molar-refractivity contribution < 1.29 is 0 Å². The third kappa shape index (κ3) is 5.57. The topological polar surface area (TPSA) is 29.9 Å². The summed E-state index contributed by atoms with van der Waals surface area (Å²) in [5.74, 6) is 0. The lowest BCUT2D eigenvalue weighted by molar-refractivity contribution is 0.349. The summed E-state index contributed by atoms with van der Waals surface area (Å²) in [5.41, 5.74) is 0.418. The van der Waals surface area contributed by atoms with Gasteiger partial charge in [-0.15, -0.1) is 0 Å². The number of nitrogens with zero attached hydrogens (tertiary/aromatic N) is 2. The molecule has 1 heterocycles. The summed E-state index contributed by atoms with van der Waals surface area (Å²) in [6.45, 7) is 11.1. The van der Waals surface area contributed by atoms with Crippen LogP contribution in [0.2, 0.25) is 0 Å². The minimum atomic E-state index is 0.418. The van der Waals surface area contributed by atoms with Gasteiger partial charge in [0.2, 0.25) is 0 Å². The lowest BCUT2D eigenvalue weighted by atomic mass is 9.92. The molecule has 0 aliphatic carbocycles. The first-order valence-electron chi connectivity index (χ1n) is 5.66. The summed E-state index contributed by atoms with van der Waals surface area (Å²) in [6, 6.07) is 0.501. The Balaban J connectivity index is 2.17. The summed E-state index contributed by atoms with van der Waals surface area (Å²) >= 11 is 0. The van der Waals surface area contributed by atoms with Gasteiger partial charge in [0.15, 0.2) is 0 Å². The number of imidazole rings is 1. The van der Waals surface area contributed by atoms with E-state index in [-0.39, 0.29) is 0 Å². The van der Waals surface area contributed by atoms with Crippen LogP contribution in [-0.2, 0) is 6.54 Å². The van der Waals surface area contributed by atoms with Gasteiger partial charge < -0.3 is 9.88 Å². The van der Waals surface area contributed by atoms with Crippen LogP contribution in [0.4, 0.5) is 0 Å². The molecule has 0 aliphatic rings. The van der Waals surface area contributed by atoms with E-state index in [0.717, 1.165) is 13.1 Å². The van der Waals surface area contributed by atoms with Gasteiger partial charge in [-0.1, -0.05) is 20.8 Å². The van der Waals surface area contributed by atoms with Gasteiger partial charge in [0.05, 0.1) is 6.33 Å². The Bertz CT molecular complexity index is 259. The Kier molecular flexibility index (Phi) is 4.33. The van der Waals surface area contributed by atoms with Gasteiger partial charge >= 0.3 is 0 Å². The molecule has 0 amide bonds. The zero-order valence-corrected chi connectivity index (χ0v) is 10.3. The van der Waals surface area contributed by atoms with Crippen molar-refractivity contribution in [3.8, 4) is 0 Å². The number of rotatable bonds is 5. The van der Waals surface area contributed by atoms with E-state index in [2.05, 4.69) is 42.6 Å². The molecule has 0 radical (unpaired) electrons. The van der Waals surface area contributed by atoms with Gasteiger partial charge in [-0.3, -0.25) is 0 Å². The van der Waals surface area contributed by atoms with Crippen molar-refractivity contribution in [1.29, 1.82) is 0 Å². The highest BCUT2D eigenvalue weighted by Gasteiger charge is 2.10. The van der Waals surface area contributed by atoms with E-state index in [1.807, 2.05) is 18.7 Å². The summed E-state index contributed by atoms with van der Waals surface area (Å²) in [5, 5.41) is 3.53. The van der Waals surface area contributed by atoms with Crippen molar-refractivity contribution in [2.45, 2.75) is 46.7 Å². The summed E-state index contributed by atoms with van der Waals surface area (Å²) in [4.78, 5) is 4.03. The molecule has 0 fully saturated rings. The lowest BCUT2D eigenvalue weighted by Crippen LogP contribution is -2.32. The molecule has 1 unspecified atom stereocenters. The first-order valence-corrected chi connectivity index (χ1v) is 5.66. The smallest absolute Gasteiger partial charge is 0.0946 e. The average Bonchev–Trinajstić information content (AvgIpc) is 2.54. The zero-order valence-electron chi connectivity index (χ0n) is 10.3. The van der Waals surface area contributed by atoms with Crippen LogP contribution in [0.25, 0.3) is 0 Å². The van der Waals surface area contributed by atoms with Gasteiger partial charge in [0.25, 0.3) is 0 Å². The molecule has 86 valence electrons. The first kappa shape index (κ1) is 12.2. The van der Waals surface area contributed by atoms with Crippen LogP contribution in [0, 0.1) is 5.41 Å². The molecule has 0 spiro atoms. The third-order valence-corrected chi connectivity index (χ3v) is 2.41. The van der Waals surface area contributed by atoms with Crippen molar-refractivity contribution in [3.63, 3.8) is 0 Å². The molecular weight excluding hydrogens is 186 g/mol. The number of aromatic nitrogens is 2. The molecule has 1 atom stereocenters. The summed E-state index contributed by atoms with van der Waals surface area (Å²) < 4.78 is 2.11. The standard InChI is InChI=1S/C12H23N3/c1-11(9-15-8-7-13-10-15)14-6-5-12(2,3)4/h7-8,10-11,14H,5-6,9H2,1-4H3. The minimum absolute atomic E-state index is 0.418. The molecule has 1 aromatic heterocycles. The SMILES string of the molecule is CC(Cn1ccnc1)NCCC(C)(C)C.